The van der Waals surface area contributed by atoms with Gasteiger partial charge in [0.2, 0.25) is 5.91 Å². The van der Waals surface area contributed by atoms with E-state index in [4.69, 9.17) is 0 Å². The monoisotopic (exact) mass is 255 g/mol. The van der Waals surface area contributed by atoms with Crippen molar-refractivity contribution in [3.05, 3.63) is 0 Å². The molecule has 0 aromatic heterocycles. The highest BCUT2D eigenvalue weighted by Crippen LogP contribution is 2.38. The Hall–Kier alpha value is -1.06. The van der Waals surface area contributed by atoms with Gasteiger partial charge in [0, 0.05) is 19.0 Å². The van der Waals surface area contributed by atoms with E-state index in [0.717, 1.165) is 12.8 Å². The van der Waals surface area contributed by atoms with Gasteiger partial charge in [-0.2, -0.15) is 0 Å². The highest BCUT2D eigenvalue weighted by molar-refractivity contribution is 5.82. The van der Waals surface area contributed by atoms with Gasteiger partial charge in [0.1, 0.15) is 0 Å². The predicted molar refractivity (Wildman–Crippen MR) is 70.2 cm³/mol. The van der Waals surface area contributed by atoms with Crippen molar-refractivity contribution in [2.75, 3.05) is 13.1 Å². The SMILES string of the molecule is CCC(CC)C(=O)N1CCC(C(=O)O)(C(C)C)C1. The number of hydrogen-bond acceptors (Lipinski definition) is 2. The maximum atomic E-state index is 12.3. The lowest BCUT2D eigenvalue weighted by Crippen LogP contribution is -2.42. The largest absolute Gasteiger partial charge is 0.481 e. The molecule has 1 saturated heterocycles. The van der Waals surface area contributed by atoms with Crippen molar-refractivity contribution >= 4 is 11.9 Å². The average Bonchev–Trinajstić information content (AvgIpc) is 2.76. The van der Waals surface area contributed by atoms with Gasteiger partial charge in [0.15, 0.2) is 0 Å². The van der Waals surface area contributed by atoms with Gasteiger partial charge >= 0.3 is 5.97 Å². The molecular weight excluding hydrogens is 230 g/mol. The lowest BCUT2D eigenvalue weighted by molar-refractivity contribution is -0.151. The van der Waals surface area contributed by atoms with Crippen molar-refractivity contribution in [1.29, 1.82) is 0 Å². The van der Waals surface area contributed by atoms with Crippen LogP contribution in [0.2, 0.25) is 0 Å². The van der Waals surface area contributed by atoms with E-state index < -0.39 is 11.4 Å². The van der Waals surface area contributed by atoms with E-state index in [1.165, 1.54) is 0 Å². The molecule has 0 aromatic carbocycles. The molecule has 0 bridgehead atoms. The van der Waals surface area contributed by atoms with Crippen LogP contribution in [-0.4, -0.2) is 35.0 Å². The molecule has 1 N–H and O–H groups in total. The Morgan fingerprint density at radius 2 is 1.83 bits per heavy atom. The Balaban J connectivity index is 2.81. The standard InChI is InChI=1S/C14H25NO3/c1-5-11(6-2)12(16)15-8-7-14(9-15,10(3)4)13(17)18/h10-11H,5-9H2,1-4H3,(H,17,18). The summed E-state index contributed by atoms with van der Waals surface area (Å²) in [5.74, 6) is -0.544. The molecule has 4 heteroatoms. The minimum Gasteiger partial charge on any atom is -0.481 e. The molecule has 0 saturated carbocycles. The van der Waals surface area contributed by atoms with Gasteiger partial charge in [-0.3, -0.25) is 9.59 Å². The molecule has 1 unspecified atom stereocenters. The third-order valence-electron chi connectivity index (χ3n) is 4.48. The van der Waals surface area contributed by atoms with Crippen LogP contribution in [0, 0.1) is 17.3 Å². The molecule has 104 valence electrons. The van der Waals surface area contributed by atoms with Crippen molar-refractivity contribution in [1.82, 2.24) is 4.90 Å². The second-order valence-corrected chi connectivity index (χ2v) is 5.64. The molecule has 1 fully saturated rings. The van der Waals surface area contributed by atoms with Crippen LogP contribution in [0.25, 0.3) is 0 Å². The minimum absolute atomic E-state index is 0.0433. The van der Waals surface area contributed by atoms with Crippen molar-refractivity contribution in [3.63, 3.8) is 0 Å². The molecule has 1 heterocycles. The molecule has 0 aromatic rings. The highest BCUT2D eigenvalue weighted by atomic mass is 16.4. The number of likely N-dealkylation sites (tertiary alicyclic amines) is 1. The first-order valence-corrected chi connectivity index (χ1v) is 6.91. The summed E-state index contributed by atoms with van der Waals surface area (Å²) < 4.78 is 0. The fraction of sp³-hybridized carbons (Fsp3) is 0.857. The van der Waals surface area contributed by atoms with Crippen molar-refractivity contribution in [2.24, 2.45) is 17.3 Å². The number of rotatable bonds is 5. The Morgan fingerprint density at radius 1 is 1.28 bits per heavy atom. The van der Waals surface area contributed by atoms with Crippen LogP contribution in [0.15, 0.2) is 0 Å². The lowest BCUT2D eigenvalue weighted by atomic mass is 9.76. The Labute approximate surface area is 109 Å². The molecule has 1 atom stereocenters. The summed E-state index contributed by atoms with van der Waals surface area (Å²) in [6.45, 7) is 8.83. The van der Waals surface area contributed by atoms with Crippen LogP contribution in [0.1, 0.15) is 47.0 Å². The van der Waals surface area contributed by atoms with Crippen LogP contribution in [0.3, 0.4) is 0 Å². The van der Waals surface area contributed by atoms with Gasteiger partial charge in [-0.15, -0.1) is 0 Å². The topological polar surface area (TPSA) is 57.6 Å². The van der Waals surface area contributed by atoms with E-state index in [1.54, 1.807) is 4.90 Å². The van der Waals surface area contributed by atoms with Crippen molar-refractivity contribution in [3.8, 4) is 0 Å². The van der Waals surface area contributed by atoms with E-state index >= 15 is 0 Å². The first-order chi connectivity index (χ1) is 8.39. The van der Waals surface area contributed by atoms with Crippen LogP contribution in [0.4, 0.5) is 0 Å². The zero-order chi connectivity index (χ0) is 13.9. The molecule has 4 nitrogen and oxygen atoms in total. The highest BCUT2D eigenvalue weighted by Gasteiger charge is 2.48. The molecule has 0 spiro atoms. The van der Waals surface area contributed by atoms with E-state index in [1.807, 2.05) is 27.7 Å². The fourth-order valence-corrected chi connectivity index (χ4v) is 2.81. The smallest absolute Gasteiger partial charge is 0.311 e. The number of carboxylic acids is 1. The summed E-state index contributed by atoms with van der Waals surface area (Å²) in [7, 11) is 0. The van der Waals surface area contributed by atoms with Gasteiger partial charge in [0.05, 0.1) is 5.41 Å². The van der Waals surface area contributed by atoms with Gasteiger partial charge in [0.25, 0.3) is 0 Å². The molecule has 1 amide bonds. The molecule has 0 aliphatic carbocycles. The van der Waals surface area contributed by atoms with Crippen LogP contribution >= 0.6 is 0 Å². The molecule has 1 aliphatic rings. The van der Waals surface area contributed by atoms with Gasteiger partial charge in [-0.05, 0) is 25.2 Å². The number of amides is 1. The summed E-state index contributed by atoms with van der Waals surface area (Å²) in [5.41, 5.74) is -0.748. The number of nitrogens with zero attached hydrogens (tertiary/aromatic N) is 1. The van der Waals surface area contributed by atoms with E-state index in [0.29, 0.717) is 19.5 Å². The second kappa shape index (κ2) is 5.72. The molecule has 0 radical (unpaired) electrons. The number of carbonyl (C=O) groups is 2. The van der Waals surface area contributed by atoms with Gasteiger partial charge in [-0.25, -0.2) is 0 Å². The molecule has 18 heavy (non-hydrogen) atoms. The quantitative estimate of drug-likeness (QED) is 0.820. The van der Waals surface area contributed by atoms with Crippen LogP contribution in [-0.2, 0) is 9.59 Å². The fourth-order valence-electron chi connectivity index (χ4n) is 2.81. The predicted octanol–water partition coefficient (Wildman–Crippen LogP) is 2.38. The Morgan fingerprint density at radius 3 is 2.17 bits per heavy atom. The summed E-state index contributed by atoms with van der Waals surface area (Å²) >= 11 is 0. The average molecular weight is 255 g/mol. The maximum Gasteiger partial charge on any atom is 0.311 e. The minimum atomic E-state index is -0.766. The number of carbonyl (C=O) groups excluding carboxylic acids is 1. The number of carboxylic acid groups (broad SMARTS) is 1. The van der Waals surface area contributed by atoms with Crippen LogP contribution in [0.5, 0.6) is 0 Å². The van der Waals surface area contributed by atoms with Crippen molar-refractivity contribution in [2.45, 2.75) is 47.0 Å². The lowest BCUT2D eigenvalue weighted by Gasteiger charge is -2.29. The van der Waals surface area contributed by atoms with E-state index in [2.05, 4.69) is 0 Å². The normalized spacial score (nSPS) is 24.0. The first kappa shape index (κ1) is 15.0. The van der Waals surface area contributed by atoms with E-state index in [-0.39, 0.29) is 17.7 Å². The van der Waals surface area contributed by atoms with E-state index in [9.17, 15) is 14.7 Å². The summed E-state index contributed by atoms with van der Waals surface area (Å²) in [4.78, 5) is 25.5. The van der Waals surface area contributed by atoms with Gasteiger partial charge in [-0.1, -0.05) is 27.7 Å². The third kappa shape index (κ3) is 2.52. The molecule has 1 aliphatic heterocycles. The Bertz CT molecular complexity index is 323. The van der Waals surface area contributed by atoms with Gasteiger partial charge < -0.3 is 10.0 Å². The maximum absolute atomic E-state index is 12.3. The second-order valence-electron chi connectivity index (χ2n) is 5.64. The van der Waals surface area contributed by atoms with Crippen LogP contribution < -0.4 is 0 Å². The summed E-state index contributed by atoms with van der Waals surface area (Å²) in [5, 5.41) is 9.45. The molecular formula is C14H25NO3. The zero-order valence-corrected chi connectivity index (χ0v) is 11.9. The molecule has 1 rings (SSSR count). The zero-order valence-electron chi connectivity index (χ0n) is 11.9. The van der Waals surface area contributed by atoms with Crippen molar-refractivity contribution < 1.29 is 14.7 Å². The summed E-state index contributed by atoms with van der Waals surface area (Å²) in [6, 6.07) is 0. The number of aliphatic carboxylic acids is 1. The third-order valence-corrected chi connectivity index (χ3v) is 4.48. The summed E-state index contributed by atoms with van der Waals surface area (Å²) in [6.07, 6.45) is 2.23. The number of hydrogen-bond donors (Lipinski definition) is 1. The Kier molecular flexibility index (Phi) is 4.77. The first-order valence-electron chi connectivity index (χ1n) is 6.91.